The Morgan fingerprint density at radius 3 is 2.66 bits per heavy atom. The molecule has 0 fully saturated rings. The summed E-state index contributed by atoms with van der Waals surface area (Å²) in [5.74, 6) is 1.53. The number of hydrogen-bond donors (Lipinski definition) is 1. The predicted octanol–water partition coefficient (Wildman–Crippen LogP) is 3.45. The summed E-state index contributed by atoms with van der Waals surface area (Å²) in [5.41, 5.74) is 2.97. The summed E-state index contributed by atoms with van der Waals surface area (Å²) < 4.78 is 5.25. The zero-order valence-electron chi connectivity index (χ0n) is 16.8. The van der Waals surface area contributed by atoms with E-state index in [0.29, 0.717) is 17.9 Å². The second kappa shape index (κ2) is 10.2. The average molecular weight is 390 g/mol. The molecule has 0 aliphatic carbocycles. The van der Waals surface area contributed by atoms with Crippen molar-refractivity contribution < 1.29 is 9.53 Å². The van der Waals surface area contributed by atoms with Crippen LogP contribution in [0.4, 0.5) is 5.82 Å². The van der Waals surface area contributed by atoms with Crippen LogP contribution in [0.15, 0.2) is 67.1 Å². The fourth-order valence-corrected chi connectivity index (χ4v) is 2.99. The van der Waals surface area contributed by atoms with Gasteiger partial charge in [-0.05, 0) is 60.4 Å². The Kier molecular flexibility index (Phi) is 7.16. The van der Waals surface area contributed by atoms with Crippen molar-refractivity contribution >= 4 is 11.7 Å². The minimum atomic E-state index is -0.0164. The zero-order valence-corrected chi connectivity index (χ0v) is 16.8. The average Bonchev–Trinajstić information content (AvgIpc) is 2.78. The van der Waals surface area contributed by atoms with Crippen molar-refractivity contribution in [2.24, 2.45) is 0 Å². The third-order valence-corrected chi connectivity index (χ3v) is 4.69. The number of ether oxygens (including phenoxy) is 1. The number of nitrogens with zero attached hydrogens (tertiary/aromatic N) is 3. The van der Waals surface area contributed by atoms with Crippen LogP contribution in [0.1, 0.15) is 21.5 Å². The van der Waals surface area contributed by atoms with Gasteiger partial charge in [0, 0.05) is 44.3 Å². The molecule has 0 aliphatic heterocycles. The highest BCUT2D eigenvalue weighted by atomic mass is 16.5. The van der Waals surface area contributed by atoms with Gasteiger partial charge in [-0.25, -0.2) is 4.98 Å². The number of carbonyl (C=O) groups is 1. The Balaban J connectivity index is 1.53. The van der Waals surface area contributed by atoms with Gasteiger partial charge in [0.1, 0.15) is 11.6 Å². The lowest BCUT2D eigenvalue weighted by Gasteiger charge is -2.17. The van der Waals surface area contributed by atoms with Crippen LogP contribution in [0.3, 0.4) is 0 Å². The maximum absolute atomic E-state index is 12.7. The number of aromatic nitrogens is 2. The highest BCUT2D eigenvalue weighted by Crippen LogP contribution is 2.14. The fourth-order valence-electron chi connectivity index (χ4n) is 2.99. The molecule has 6 nitrogen and oxygen atoms in total. The molecule has 150 valence electrons. The lowest BCUT2D eigenvalue weighted by Crippen LogP contribution is -2.29. The SMILES string of the molecule is COc1cccc(CCNc2cc(C(=O)N(C)CCc3ccncc3)ccn2)c1. The van der Waals surface area contributed by atoms with Crippen LogP contribution < -0.4 is 10.1 Å². The van der Waals surface area contributed by atoms with Crippen LogP contribution in [0.2, 0.25) is 0 Å². The van der Waals surface area contributed by atoms with Crippen LogP contribution in [0.25, 0.3) is 0 Å². The fraction of sp³-hybridized carbons (Fsp3) is 0.261. The van der Waals surface area contributed by atoms with Crippen molar-refractivity contribution in [2.75, 3.05) is 32.6 Å². The number of benzene rings is 1. The molecule has 0 saturated carbocycles. The Morgan fingerprint density at radius 1 is 1.03 bits per heavy atom. The molecule has 0 atom stereocenters. The highest BCUT2D eigenvalue weighted by molar-refractivity contribution is 5.94. The van der Waals surface area contributed by atoms with Crippen molar-refractivity contribution in [3.8, 4) is 5.75 Å². The number of methoxy groups -OCH3 is 1. The van der Waals surface area contributed by atoms with Crippen molar-refractivity contribution in [1.29, 1.82) is 0 Å². The molecular weight excluding hydrogens is 364 g/mol. The van der Waals surface area contributed by atoms with Gasteiger partial charge in [-0.1, -0.05) is 12.1 Å². The summed E-state index contributed by atoms with van der Waals surface area (Å²) in [6.45, 7) is 1.36. The minimum Gasteiger partial charge on any atom is -0.497 e. The molecule has 0 saturated heterocycles. The van der Waals surface area contributed by atoms with Crippen molar-refractivity contribution in [1.82, 2.24) is 14.9 Å². The number of rotatable bonds is 9. The summed E-state index contributed by atoms with van der Waals surface area (Å²) in [5, 5.41) is 3.29. The molecule has 2 aromatic heterocycles. The summed E-state index contributed by atoms with van der Waals surface area (Å²) in [7, 11) is 3.48. The summed E-state index contributed by atoms with van der Waals surface area (Å²) in [6.07, 6.45) is 6.83. The van der Waals surface area contributed by atoms with Gasteiger partial charge < -0.3 is 15.0 Å². The number of amides is 1. The molecule has 3 aromatic rings. The number of nitrogens with one attached hydrogen (secondary N) is 1. The zero-order chi connectivity index (χ0) is 20.5. The second-order valence-corrected chi connectivity index (χ2v) is 6.79. The number of likely N-dealkylation sites (N-methyl/N-ethyl adjacent to an activating group) is 1. The van der Waals surface area contributed by atoms with Crippen LogP contribution in [-0.2, 0) is 12.8 Å². The van der Waals surface area contributed by atoms with Gasteiger partial charge in [0.05, 0.1) is 7.11 Å². The third kappa shape index (κ3) is 6.04. The maximum Gasteiger partial charge on any atom is 0.253 e. The second-order valence-electron chi connectivity index (χ2n) is 6.79. The molecule has 6 heteroatoms. The van der Waals surface area contributed by atoms with Gasteiger partial charge in [-0.3, -0.25) is 9.78 Å². The molecule has 0 radical (unpaired) electrons. The molecule has 1 amide bonds. The normalized spacial score (nSPS) is 10.4. The first-order valence-corrected chi connectivity index (χ1v) is 9.63. The van der Waals surface area contributed by atoms with E-state index in [0.717, 1.165) is 30.7 Å². The van der Waals surface area contributed by atoms with Gasteiger partial charge in [0.2, 0.25) is 0 Å². The Hall–Kier alpha value is -3.41. The summed E-state index contributed by atoms with van der Waals surface area (Å²) in [4.78, 5) is 22.8. The van der Waals surface area contributed by atoms with Crippen molar-refractivity contribution in [2.45, 2.75) is 12.8 Å². The first kappa shape index (κ1) is 20.3. The Labute approximate surface area is 171 Å². The number of pyridine rings is 2. The largest absolute Gasteiger partial charge is 0.497 e. The first-order chi connectivity index (χ1) is 14.2. The van der Waals surface area contributed by atoms with Gasteiger partial charge >= 0.3 is 0 Å². The molecule has 1 aromatic carbocycles. The monoisotopic (exact) mass is 390 g/mol. The number of hydrogen-bond acceptors (Lipinski definition) is 5. The molecule has 3 rings (SSSR count). The van der Waals surface area contributed by atoms with E-state index >= 15 is 0 Å². The molecule has 0 spiro atoms. The molecule has 0 unspecified atom stereocenters. The number of carbonyl (C=O) groups excluding carboxylic acids is 1. The molecule has 0 bridgehead atoms. The van der Waals surface area contributed by atoms with Crippen LogP contribution in [-0.4, -0.2) is 48.0 Å². The molecule has 1 N–H and O–H groups in total. The highest BCUT2D eigenvalue weighted by Gasteiger charge is 2.12. The molecule has 2 heterocycles. The van der Waals surface area contributed by atoms with Crippen LogP contribution in [0.5, 0.6) is 5.75 Å². The van der Waals surface area contributed by atoms with Gasteiger partial charge in [-0.15, -0.1) is 0 Å². The van der Waals surface area contributed by atoms with Gasteiger partial charge in [0.25, 0.3) is 5.91 Å². The van der Waals surface area contributed by atoms with Gasteiger partial charge in [-0.2, -0.15) is 0 Å². The van der Waals surface area contributed by atoms with E-state index in [4.69, 9.17) is 4.74 Å². The Morgan fingerprint density at radius 2 is 1.86 bits per heavy atom. The van der Waals surface area contributed by atoms with E-state index in [1.54, 1.807) is 42.7 Å². The molecule has 0 aliphatic rings. The van der Waals surface area contributed by atoms with E-state index < -0.39 is 0 Å². The smallest absolute Gasteiger partial charge is 0.253 e. The topological polar surface area (TPSA) is 67.3 Å². The summed E-state index contributed by atoms with van der Waals surface area (Å²) in [6, 6.07) is 15.5. The number of anilines is 1. The van der Waals surface area contributed by atoms with Crippen molar-refractivity contribution in [3.05, 3.63) is 83.8 Å². The standard InChI is InChI=1S/C23H26N4O2/c1-27(15-10-18-6-11-24-12-7-18)23(28)20-9-14-26-22(17-20)25-13-8-19-4-3-5-21(16-19)29-2/h3-7,9,11-12,14,16-17H,8,10,13,15H2,1-2H3,(H,25,26). The van der Waals surface area contributed by atoms with E-state index in [-0.39, 0.29) is 5.91 Å². The minimum absolute atomic E-state index is 0.0164. The first-order valence-electron chi connectivity index (χ1n) is 9.63. The molecular formula is C23H26N4O2. The predicted molar refractivity (Wildman–Crippen MR) is 114 cm³/mol. The van der Waals surface area contributed by atoms with E-state index in [1.165, 1.54) is 5.56 Å². The van der Waals surface area contributed by atoms with Gasteiger partial charge in [0.15, 0.2) is 0 Å². The summed E-state index contributed by atoms with van der Waals surface area (Å²) >= 11 is 0. The van der Waals surface area contributed by atoms with E-state index in [1.807, 2.05) is 37.4 Å². The van der Waals surface area contributed by atoms with E-state index in [2.05, 4.69) is 21.4 Å². The quantitative estimate of drug-likeness (QED) is 0.606. The molecule has 29 heavy (non-hydrogen) atoms. The van der Waals surface area contributed by atoms with Crippen LogP contribution >= 0.6 is 0 Å². The van der Waals surface area contributed by atoms with Crippen LogP contribution in [0, 0.1) is 0 Å². The Bertz CT molecular complexity index is 931. The third-order valence-electron chi connectivity index (χ3n) is 4.69. The lowest BCUT2D eigenvalue weighted by molar-refractivity contribution is 0.0796. The van der Waals surface area contributed by atoms with Crippen molar-refractivity contribution in [3.63, 3.8) is 0 Å². The van der Waals surface area contributed by atoms with E-state index in [9.17, 15) is 4.79 Å². The maximum atomic E-state index is 12.7. The lowest BCUT2D eigenvalue weighted by atomic mass is 10.1.